The first-order valence-corrected chi connectivity index (χ1v) is 6.64. The molecule has 0 bridgehead atoms. The van der Waals surface area contributed by atoms with E-state index in [1.165, 1.54) is 5.56 Å². The monoisotopic (exact) mass is 305 g/mol. The lowest BCUT2D eigenvalue weighted by molar-refractivity contribution is 0.282. The third-order valence-corrected chi connectivity index (χ3v) is 3.36. The Bertz CT molecular complexity index is 510. The van der Waals surface area contributed by atoms with Gasteiger partial charge in [-0.2, -0.15) is 0 Å². The summed E-state index contributed by atoms with van der Waals surface area (Å²) >= 11 is 3.48. The van der Waals surface area contributed by atoms with Crippen LogP contribution in [0.15, 0.2) is 53.0 Å². The maximum absolute atomic E-state index is 9.01. The highest BCUT2D eigenvalue weighted by atomic mass is 79.9. The van der Waals surface area contributed by atoms with Crippen molar-refractivity contribution in [2.75, 3.05) is 11.9 Å². The van der Waals surface area contributed by atoms with Gasteiger partial charge < -0.3 is 10.0 Å². The Morgan fingerprint density at radius 3 is 2.39 bits per heavy atom. The van der Waals surface area contributed by atoms with Crippen LogP contribution in [0.4, 0.5) is 5.69 Å². The first kappa shape index (κ1) is 13.1. The van der Waals surface area contributed by atoms with Crippen molar-refractivity contribution in [2.45, 2.75) is 13.2 Å². The number of anilines is 1. The maximum atomic E-state index is 9.01. The van der Waals surface area contributed by atoms with Crippen LogP contribution in [-0.2, 0) is 13.2 Å². The molecule has 2 aromatic rings. The normalized spacial score (nSPS) is 10.4. The molecular formula is C15H16BrNO. The number of rotatable bonds is 4. The summed E-state index contributed by atoms with van der Waals surface area (Å²) in [6, 6.07) is 16.3. The molecule has 0 aliphatic carbocycles. The fourth-order valence-electron chi connectivity index (χ4n) is 1.86. The van der Waals surface area contributed by atoms with E-state index in [0.717, 1.165) is 22.3 Å². The topological polar surface area (TPSA) is 23.5 Å². The number of halogens is 1. The molecule has 2 rings (SSSR count). The van der Waals surface area contributed by atoms with E-state index in [0.29, 0.717) is 0 Å². The highest BCUT2D eigenvalue weighted by Crippen LogP contribution is 2.18. The molecule has 94 valence electrons. The molecule has 0 aromatic heterocycles. The van der Waals surface area contributed by atoms with E-state index in [1.807, 2.05) is 36.4 Å². The second kappa shape index (κ2) is 6.03. The Hall–Kier alpha value is -1.32. The standard InChI is InChI=1S/C15H16BrNO/c1-17(10-13-3-2-4-14(16)9-13)15-7-5-12(11-18)6-8-15/h2-9,18H,10-11H2,1H3. The van der Waals surface area contributed by atoms with Crippen LogP contribution < -0.4 is 4.90 Å². The van der Waals surface area contributed by atoms with E-state index in [-0.39, 0.29) is 6.61 Å². The van der Waals surface area contributed by atoms with Crippen LogP contribution in [0.25, 0.3) is 0 Å². The fraction of sp³-hybridized carbons (Fsp3) is 0.200. The Balaban J connectivity index is 2.09. The molecule has 0 radical (unpaired) electrons. The first-order chi connectivity index (χ1) is 8.69. The third-order valence-electron chi connectivity index (χ3n) is 2.87. The molecule has 0 saturated carbocycles. The van der Waals surface area contributed by atoms with Crippen molar-refractivity contribution in [1.82, 2.24) is 0 Å². The Morgan fingerprint density at radius 2 is 1.78 bits per heavy atom. The summed E-state index contributed by atoms with van der Waals surface area (Å²) in [5.41, 5.74) is 3.35. The van der Waals surface area contributed by atoms with Gasteiger partial charge in [-0.3, -0.25) is 0 Å². The lowest BCUT2D eigenvalue weighted by atomic mass is 10.2. The lowest BCUT2D eigenvalue weighted by Crippen LogP contribution is -2.16. The maximum Gasteiger partial charge on any atom is 0.0681 e. The summed E-state index contributed by atoms with van der Waals surface area (Å²) in [5.74, 6) is 0. The van der Waals surface area contributed by atoms with E-state index < -0.39 is 0 Å². The fourth-order valence-corrected chi connectivity index (χ4v) is 2.30. The molecule has 0 aliphatic heterocycles. The number of aliphatic hydroxyl groups excluding tert-OH is 1. The number of hydrogen-bond donors (Lipinski definition) is 1. The lowest BCUT2D eigenvalue weighted by Gasteiger charge is -2.19. The molecule has 0 fully saturated rings. The molecule has 0 aliphatic rings. The number of hydrogen-bond acceptors (Lipinski definition) is 2. The van der Waals surface area contributed by atoms with Crippen molar-refractivity contribution in [2.24, 2.45) is 0 Å². The third kappa shape index (κ3) is 3.34. The van der Waals surface area contributed by atoms with Crippen LogP contribution in [0.2, 0.25) is 0 Å². The number of nitrogens with zero attached hydrogens (tertiary/aromatic N) is 1. The zero-order valence-corrected chi connectivity index (χ0v) is 11.9. The van der Waals surface area contributed by atoms with Crippen molar-refractivity contribution in [3.8, 4) is 0 Å². The molecule has 18 heavy (non-hydrogen) atoms. The van der Waals surface area contributed by atoms with Gasteiger partial charge in [0.05, 0.1) is 6.61 Å². The van der Waals surface area contributed by atoms with Crippen LogP contribution in [0.3, 0.4) is 0 Å². The summed E-state index contributed by atoms with van der Waals surface area (Å²) in [7, 11) is 2.06. The van der Waals surface area contributed by atoms with Gasteiger partial charge in [-0.15, -0.1) is 0 Å². The predicted molar refractivity (Wildman–Crippen MR) is 78.6 cm³/mol. The molecule has 0 saturated heterocycles. The molecule has 2 aromatic carbocycles. The van der Waals surface area contributed by atoms with Gasteiger partial charge in [0, 0.05) is 23.8 Å². The smallest absolute Gasteiger partial charge is 0.0681 e. The molecule has 0 spiro atoms. The van der Waals surface area contributed by atoms with Gasteiger partial charge in [-0.05, 0) is 35.4 Å². The summed E-state index contributed by atoms with van der Waals surface area (Å²) in [6.07, 6.45) is 0. The highest BCUT2D eigenvalue weighted by Gasteiger charge is 2.02. The second-order valence-corrected chi connectivity index (χ2v) is 5.23. The van der Waals surface area contributed by atoms with Crippen LogP contribution >= 0.6 is 15.9 Å². The molecule has 1 N–H and O–H groups in total. The summed E-state index contributed by atoms with van der Waals surface area (Å²) in [6.45, 7) is 0.952. The Kier molecular flexibility index (Phi) is 4.39. The van der Waals surface area contributed by atoms with Crippen LogP contribution in [-0.4, -0.2) is 12.2 Å². The zero-order chi connectivity index (χ0) is 13.0. The predicted octanol–water partition coefficient (Wildman–Crippen LogP) is 3.58. The van der Waals surface area contributed by atoms with Gasteiger partial charge >= 0.3 is 0 Å². The van der Waals surface area contributed by atoms with E-state index >= 15 is 0 Å². The van der Waals surface area contributed by atoms with Gasteiger partial charge in [0.15, 0.2) is 0 Å². The van der Waals surface area contributed by atoms with Crippen LogP contribution in [0, 0.1) is 0 Å². The van der Waals surface area contributed by atoms with E-state index in [9.17, 15) is 0 Å². The van der Waals surface area contributed by atoms with Crippen LogP contribution in [0.5, 0.6) is 0 Å². The van der Waals surface area contributed by atoms with Crippen molar-refractivity contribution in [3.05, 3.63) is 64.1 Å². The van der Waals surface area contributed by atoms with Crippen LogP contribution in [0.1, 0.15) is 11.1 Å². The largest absolute Gasteiger partial charge is 0.392 e. The van der Waals surface area contributed by atoms with Gasteiger partial charge in [0.2, 0.25) is 0 Å². The zero-order valence-electron chi connectivity index (χ0n) is 10.3. The van der Waals surface area contributed by atoms with E-state index in [1.54, 1.807) is 0 Å². The van der Waals surface area contributed by atoms with Crippen molar-refractivity contribution < 1.29 is 5.11 Å². The van der Waals surface area contributed by atoms with Gasteiger partial charge in [0.25, 0.3) is 0 Å². The van der Waals surface area contributed by atoms with Crippen molar-refractivity contribution in [3.63, 3.8) is 0 Å². The summed E-state index contributed by atoms with van der Waals surface area (Å²) in [5, 5.41) is 9.01. The average molecular weight is 306 g/mol. The highest BCUT2D eigenvalue weighted by molar-refractivity contribution is 9.10. The minimum absolute atomic E-state index is 0.0929. The van der Waals surface area contributed by atoms with Crippen molar-refractivity contribution >= 4 is 21.6 Å². The summed E-state index contributed by atoms with van der Waals surface area (Å²) < 4.78 is 1.10. The second-order valence-electron chi connectivity index (χ2n) is 4.31. The minimum Gasteiger partial charge on any atom is -0.392 e. The summed E-state index contributed by atoms with van der Waals surface area (Å²) in [4.78, 5) is 2.18. The molecule has 0 unspecified atom stereocenters. The minimum atomic E-state index is 0.0929. The number of benzene rings is 2. The first-order valence-electron chi connectivity index (χ1n) is 5.84. The SMILES string of the molecule is CN(Cc1cccc(Br)c1)c1ccc(CO)cc1. The average Bonchev–Trinajstić information content (AvgIpc) is 2.39. The van der Waals surface area contributed by atoms with Gasteiger partial charge in [0.1, 0.15) is 0 Å². The van der Waals surface area contributed by atoms with Gasteiger partial charge in [-0.1, -0.05) is 40.2 Å². The Morgan fingerprint density at radius 1 is 1.06 bits per heavy atom. The molecule has 0 atom stereocenters. The number of aliphatic hydroxyl groups is 1. The molecular weight excluding hydrogens is 290 g/mol. The van der Waals surface area contributed by atoms with Crippen molar-refractivity contribution in [1.29, 1.82) is 0 Å². The molecule has 3 heteroatoms. The van der Waals surface area contributed by atoms with Gasteiger partial charge in [-0.25, -0.2) is 0 Å². The molecule has 2 nitrogen and oxygen atoms in total. The van der Waals surface area contributed by atoms with E-state index in [4.69, 9.17) is 5.11 Å². The quantitative estimate of drug-likeness (QED) is 0.933. The molecule has 0 heterocycles. The Labute approximate surface area is 116 Å². The van der Waals surface area contributed by atoms with E-state index in [2.05, 4.69) is 40.0 Å². The molecule has 0 amide bonds.